The van der Waals surface area contributed by atoms with Gasteiger partial charge in [-0.05, 0) is 18.4 Å². The molecular weight excluding hydrogens is 337 g/mol. The van der Waals surface area contributed by atoms with Gasteiger partial charge in [0.25, 0.3) is 0 Å². The maximum Gasteiger partial charge on any atom is 0.407 e. The number of carbonyl (C=O) groups is 1. The minimum atomic E-state index is -4.27. The van der Waals surface area contributed by atoms with Crippen LogP contribution in [-0.2, 0) is 11.3 Å². The minimum Gasteiger partial charge on any atom is -0.465 e. The fraction of sp³-hybridized carbons (Fsp3) is 0.588. The molecule has 1 saturated heterocycles. The zero-order valence-corrected chi connectivity index (χ0v) is 13.9. The molecular formula is C17H23F3N2O3. The summed E-state index contributed by atoms with van der Waals surface area (Å²) in [6, 6.07) is 9.52. The van der Waals surface area contributed by atoms with Crippen molar-refractivity contribution in [3.8, 4) is 0 Å². The van der Waals surface area contributed by atoms with E-state index in [1.54, 1.807) is 0 Å². The van der Waals surface area contributed by atoms with Gasteiger partial charge in [-0.25, -0.2) is 4.79 Å². The first-order chi connectivity index (χ1) is 11.8. The Bertz CT molecular complexity index is 544. The lowest BCUT2D eigenvalue weighted by Crippen LogP contribution is -2.49. The molecule has 140 valence electrons. The molecule has 1 fully saturated rings. The highest BCUT2D eigenvalue weighted by molar-refractivity contribution is 5.65. The number of hydrogen-bond acceptors (Lipinski definition) is 3. The fourth-order valence-corrected chi connectivity index (χ4v) is 2.97. The second-order valence-corrected chi connectivity index (χ2v) is 6.47. The first-order valence-corrected chi connectivity index (χ1v) is 8.17. The maximum absolute atomic E-state index is 12.4. The highest BCUT2D eigenvalue weighted by Gasteiger charge is 2.37. The standard InChI is InChI=1S/C17H23F3N2O3/c18-17(19,20)12-21-11-16(6-8-22(9-7-16)15(23)24)13-25-10-14-4-2-1-3-5-14/h1-5,21H,6-13H2,(H,23,24). The zero-order valence-electron chi connectivity index (χ0n) is 13.9. The number of hydrogen-bond donors (Lipinski definition) is 2. The van der Waals surface area contributed by atoms with Crippen LogP contribution in [0.25, 0.3) is 0 Å². The lowest BCUT2D eigenvalue weighted by molar-refractivity contribution is -0.126. The number of carboxylic acid groups (broad SMARTS) is 1. The number of rotatable bonds is 7. The molecule has 0 saturated carbocycles. The van der Waals surface area contributed by atoms with E-state index < -0.39 is 24.2 Å². The van der Waals surface area contributed by atoms with E-state index in [0.717, 1.165) is 5.56 Å². The van der Waals surface area contributed by atoms with E-state index in [1.807, 2.05) is 30.3 Å². The third-order valence-electron chi connectivity index (χ3n) is 4.44. The van der Waals surface area contributed by atoms with Gasteiger partial charge in [-0.15, -0.1) is 0 Å². The van der Waals surface area contributed by atoms with Gasteiger partial charge in [-0.2, -0.15) is 13.2 Å². The summed E-state index contributed by atoms with van der Waals surface area (Å²) < 4.78 is 42.9. The van der Waals surface area contributed by atoms with Gasteiger partial charge in [-0.1, -0.05) is 30.3 Å². The van der Waals surface area contributed by atoms with Gasteiger partial charge in [-0.3, -0.25) is 0 Å². The van der Waals surface area contributed by atoms with Crippen molar-refractivity contribution in [2.24, 2.45) is 5.41 Å². The van der Waals surface area contributed by atoms with Crippen LogP contribution in [-0.4, -0.2) is 55.1 Å². The predicted octanol–water partition coefficient (Wildman–Crippen LogP) is 3.12. The monoisotopic (exact) mass is 360 g/mol. The van der Waals surface area contributed by atoms with Gasteiger partial charge >= 0.3 is 12.3 Å². The molecule has 0 radical (unpaired) electrons. The first kappa shape index (κ1) is 19.5. The Morgan fingerprint density at radius 2 is 1.88 bits per heavy atom. The van der Waals surface area contributed by atoms with E-state index in [9.17, 15) is 18.0 Å². The highest BCUT2D eigenvalue weighted by Crippen LogP contribution is 2.32. The summed E-state index contributed by atoms with van der Waals surface area (Å²) in [6.07, 6.45) is -4.33. The summed E-state index contributed by atoms with van der Waals surface area (Å²) in [7, 11) is 0. The molecule has 0 aromatic heterocycles. The third-order valence-corrected chi connectivity index (χ3v) is 4.44. The molecule has 1 amide bonds. The van der Waals surface area contributed by atoms with Crippen molar-refractivity contribution in [2.45, 2.75) is 25.6 Å². The number of amides is 1. The van der Waals surface area contributed by atoms with Crippen molar-refractivity contribution in [3.05, 3.63) is 35.9 Å². The second-order valence-electron chi connectivity index (χ2n) is 6.47. The number of likely N-dealkylation sites (tertiary alicyclic amines) is 1. The number of piperidine rings is 1. The van der Waals surface area contributed by atoms with Crippen molar-refractivity contribution in [1.82, 2.24) is 10.2 Å². The van der Waals surface area contributed by atoms with Crippen LogP contribution in [0.3, 0.4) is 0 Å². The van der Waals surface area contributed by atoms with Crippen molar-refractivity contribution in [2.75, 3.05) is 32.8 Å². The van der Waals surface area contributed by atoms with Crippen molar-refractivity contribution in [3.63, 3.8) is 0 Å². The summed E-state index contributed by atoms with van der Waals surface area (Å²) in [5, 5.41) is 11.5. The van der Waals surface area contributed by atoms with Gasteiger partial charge < -0.3 is 20.1 Å². The quantitative estimate of drug-likeness (QED) is 0.784. The van der Waals surface area contributed by atoms with Crippen LogP contribution < -0.4 is 5.32 Å². The van der Waals surface area contributed by atoms with Crippen LogP contribution in [0.2, 0.25) is 0 Å². The largest absolute Gasteiger partial charge is 0.465 e. The summed E-state index contributed by atoms with van der Waals surface area (Å²) in [6.45, 7) is 0.366. The average Bonchev–Trinajstić information content (AvgIpc) is 2.55. The predicted molar refractivity (Wildman–Crippen MR) is 86.3 cm³/mol. The number of nitrogens with zero attached hydrogens (tertiary/aromatic N) is 1. The maximum atomic E-state index is 12.4. The summed E-state index contributed by atoms with van der Waals surface area (Å²) >= 11 is 0. The molecule has 1 aliphatic heterocycles. The zero-order chi connectivity index (χ0) is 18.3. The molecule has 0 spiro atoms. The van der Waals surface area contributed by atoms with Crippen LogP contribution in [0.15, 0.2) is 30.3 Å². The fourth-order valence-electron chi connectivity index (χ4n) is 2.97. The van der Waals surface area contributed by atoms with Crippen molar-refractivity contribution in [1.29, 1.82) is 0 Å². The molecule has 2 N–H and O–H groups in total. The van der Waals surface area contributed by atoms with Gasteiger partial charge in [0.1, 0.15) is 0 Å². The van der Waals surface area contributed by atoms with Crippen LogP contribution in [0, 0.1) is 5.41 Å². The van der Waals surface area contributed by atoms with Crippen LogP contribution in [0.5, 0.6) is 0 Å². The molecule has 0 bridgehead atoms. The molecule has 1 heterocycles. The van der Waals surface area contributed by atoms with Crippen molar-refractivity contribution < 1.29 is 27.8 Å². The second kappa shape index (κ2) is 8.53. The lowest BCUT2D eigenvalue weighted by atomic mass is 9.79. The summed E-state index contributed by atoms with van der Waals surface area (Å²) in [5.74, 6) is 0. The molecule has 1 aromatic rings. The minimum absolute atomic E-state index is 0.148. The molecule has 0 atom stereocenters. The van der Waals surface area contributed by atoms with Gasteiger partial charge in [0.2, 0.25) is 0 Å². The van der Waals surface area contributed by atoms with Gasteiger partial charge in [0, 0.05) is 25.0 Å². The molecule has 0 aliphatic carbocycles. The van der Waals surface area contributed by atoms with E-state index in [-0.39, 0.29) is 6.54 Å². The molecule has 8 heteroatoms. The van der Waals surface area contributed by atoms with E-state index in [1.165, 1.54) is 4.90 Å². The smallest absolute Gasteiger partial charge is 0.407 e. The first-order valence-electron chi connectivity index (χ1n) is 8.17. The van der Waals surface area contributed by atoms with E-state index in [0.29, 0.717) is 39.1 Å². The Morgan fingerprint density at radius 3 is 2.44 bits per heavy atom. The Balaban J connectivity index is 1.91. The summed E-state index contributed by atoms with van der Waals surface area (Å²) in [4.78, 5) is 12.3. The number of halogens is 3. The average molecular weight is 360 g/mol. The Kier molecular flexibility index (Phi) is 6.66. The Labute approximate surface area is 144 Å². The van der Waals surface area contributed by atoms with Gasteiger partial charge in [0.05, 0.1) is 19.8 Å². The van der Waals surface area contributed by atoms with E-state index in [2.05, 4.69) is 5.32 Å². The normalized spacial score (nSPS) is 17.5. The molecule has 0 unspecified atom stereocenters. The number of alkyl halides is 3. The van der Waals surface area contributed by atoms with Crippen molar-refractivity contribution >= 4 is 6.09 Å². The van der Waals surface area contributed by atoms with E-state index in [4.69, 9.17) is 9.84 Å². The van der Waals surface area contributed by atoms with Crippen LogP contribution in [0.1, 0.15) is 18.4 Å². The summed E-state index contributed by atoms with van der Waals surface area (Å²) in [5.41, 5.74) is 0.496. The molecule has 2 rings (SSSR count). The Hall–Kier alpha value is -1.80. The van der Waals surface area contributed by atoms with Gasteiger partial charge in [0.15, 0.2) is 0 Å². The molecule has 1 aliphatic rings. The van der Waals surface area contributed by atoms with Crippen LogP contribution in [0.4, 0.5) is 18.0 Å². The third kappa shape index (κ3) is 6.55. The van der Waals surface area contributed by atoms with E-state index >= 15 is 0 Å². The SMILES string of the molecule is O=C(O)N1CCC(CNCC(F)(F)F)(COCc2ccccc2)CC1. The highest BCUT2D eigenvalue weighted by atomic mass is 19.4. The topological polar surface area (TPSA) is 61.8 Å². The van der Waals surface area contributed by atoms with Crippen LogP contribution >= 0.6 is 0 Å². The lowest BCUT2D eigenvalue weighted by Gasteiger charge is -2.41. The number of benzene rings is 1. The molecule has 5 nitrogen and oxygen atoms in total. The number of nitrogens with one attached hydrogen (secondary N) is 1. The number of ether oxygens (including phenoxy) is 1. The Morgan fingerprint density at radius 1 is 1.24 bits per heavy atom. The molecule has 1 aromatic carbocycles. The molecule has 25 heavy (non-hydrogen) atoms.